The Bertz CT molecular complexity index is 456. The van der Waals surface area contributed by atoms with Gasteiger partial charge in [-0.05, 0) is 50.4 Å². The normalized spacial score (nSPS) is 33.4. The molecule has 1 aromatic rings. The monoisotopic (exact) mass is 272 g/mol. The Morgan fingerprint density at radius 2 is 2.00 bits per heavy atom. The SMILES string of the molecule is CNC1c2ccccc2CC1N(C)C1CCCC(C)C1. The van der Waals surface area contributed by atoms with Gasteiger partial charge >= 0.3 is 0 Å². The first-order chi connectivity index (χ1) is 9.70. The zero-order chi connectivity index (χ0) is 14.1. The Kier molecular flexibility index (Phi) is 4.13. The molecular weight excluding hydrogens is 244 g/mol. The molecule has 2 nitrogen and oxygen atoms in total. The molecule has 1 aromatic carbocycles. The Morgan fingerprint density at radius 1 is 1.20 bits per heavy atom. The lowest BCUT2D eigenvalue weighted by molar-refractivity contribution is 0.103. The first-order valence-corrected chi connectivity index (χ1v) is 8.17. The van der Waals surface area contributed by atoms with Gasteiger partial charge in [0, 0.05) is 18.1 Å². The molecule has 2 aliphatic rings. The molecule has 3 rings (SSSR count). The van der Waals surface area contributed by atoms with E-state index in [1.807, 2.05) is 0 Å². The first kappa shape index (κ1) is 14.1. The molecule has 0 spiro atoms. The van der Waals surface area contributed by atoms with Crippen LogP contribution < -0.4 is 5.32 Å². The molecular formula is C18H28N2. The van der Waals surface area contributed by atoms with Gasteiger partial charge in [-0.2, -0.15) is 0 Å². The minimum absolute atomic E-state index is 0.494. The average Bonchev–Trinajstić information content (AvgIpc) is 2.85. The fourth-order valence-corrected chi connectivity index (χ4v) is 4.34. The number of hydrogen-bond donors (Lipinski definition) is 1. The van der Waals surface area contributed by atoms with Gasteiger partial charge < -0.3 is 5.32 Å². The third kappa shape index (κ3) is 2.51. The molecule has 0 bridgehead atoms. The second kappa shape index (κ2) is 5.87. The van der Waals surface area contributed by atoms with Crippen LogP contribution in [0.25, 0.3) is 0 Å². The molecule has 4 unspecified atom stereocenters. The van der Waals surface area contributed by atoms with E-state index in [1.165, 1.54) is 43.2 Å². The van der Waals surface area contributed by atoms with Crippen LogP contribution in [0.1, 0.15) is 49.8 Å². The largest absolute Gasteiger partial charge is 0.312 e. The van der Waals surface area contributed by atoms with Crippen molar-refractivity contribution in [3.63, 3.8) is 0 Å². The highest BCUT2D eigenvalue weighted by Gasteiger charge is 2.37. The Morgan fingerprint density at radius 3 is 2.75 bits per heavy atom. The minimum atomic E-state index is 0.494. The Hall–Kier alpha value is -0.860. The van der Waals surface area contributed by atoms with E-state index in [2.05, 4.69) is 55.5 Å². The van der Waals surface area contributed by atoms with Gasteiger partial charge in [0.1, 0.15) is 0 Å². The molecule has 0 aliphatic heterocycles. The van der Waals surface area contributed by atoms with Gasteiger partial charge in [-0.3, -0.25) is 4.90 Å². The van der Waals surface area contributed by atoms with Gasteiger partial charge in [0.2, 0.25) is 0 Å². The van der Waals surface area contributed by atoms with Crippen LogP contribution >= 0.6 is 0 Å². The van der Waals surface area contributed by atoms with Gasteiger partial charge in [-0.1, -0.05) is 44.0 Å². The van der Waals surface area contributed by atoms with Crippen molar-refractivity contribution in [3.8, 4) is 0 Å². The van der Waals surface area contributed by atoms with Crippen LogP contribution in [0.15, 0.2) is 24.3 Å². The van der Waals surface area contributed by atoms with Crippen molar-refractivity contribution in [2.24, 2.45) is 5.92 Å². The summed E-state index contributed by atoms with van der Waals surface area (Å²) in [6.45, 7) is 2.42. The van der Waals surface area contributed by atoms with Crippen LogP contribution in [-0.2, 0) is 6.42 Å². The Labute approximate surface area is 123 Å². The maximum absolute atomic E-state index is 3.56. The van der Waals surface area contributed by atoms with Gasteiger partial charge in [-0.15, -0.1) is 0 Å². The maximum atomic E-state index is 3.56. The number of fused-ring (bicyclic) bond motifs is 1. The van der Waals surface area contributed by atoms with Crippen LogP contribution in [0.4, 0.5) is 0 Å². The van der Waals surface area contributed by atoms with Gasteiger partial charge in [0.05, 0.1) is 0 Å². The molecule has 1 N–H and O–H groups in total. The predicted octanol–water partition coefficient (Wildman–Crippen LogP) is 3.38. The van der Waals surface area contributed by atoms with Crippen molar-refractivity contribution < 1.29 is 0 Å². The van der Waals surface area contributed by atoms with E-state index >= 15 is 0 Å². The molecule has 0 saturated heterocycles. The molecule has 1 fully saturated rings. The summed E-state index contributed by atoms with van der Waals surface area (Å²) in [7, 11) is 4.46. The van der Waals surface area contributed by atoms with Crippen LogP contribution in [0, 0.1) is 5.92 Å². The third-order valence-corrected chi connectivity index (χ3v) is 5.52. The van der Waals surface area contributed by atoms with Crippen molar-refractivity contribution in [2.45, 2.75) is 57.2 Å². The first-order valence-electron chi connectivity index (χ1n) is 8.17. The number of nitrogens with one attached hydrogen (secondary N) is 1. The Balaban J connectivity index is 1.77. The molecule has 1 saturated carbocycles. The number of nitrogens with zero attached hydrogens (tertiary/aromatic N) is 1. The summed E-state index contributed by atoms with van der Waals surface area (Å²) in [4.78, 5) is 2.68. The molecule has 0 amide bonds. The van der Waals surface area contributed by atoms with E-state index < -0.39 is 0 Å². The number of benzene rings is 1. The predicted molar refractivity (Wildman–Crippen MR) is 84.9 cm³/mol. The van der Waals surface area contributed by atoms with E-state index in [-0.39, 0.29) is 0 Å². The standard InChI is InChI=1S/C18H28N2/c1-13-7-6-9-15(11-13)20(3)17-12-14-8-4-5-10-16(14)18(17)19-2/h4-5,8,10,13,15,17-19H,6-7,9,11-12H2,1-3H3. The molecule has 0 aromatic heterocycles. The molecule has 2 heteroatoms. The lowest BCUT2D eigenvalue weighted by Crippen LogP contribution is -2.46. The highest BCUT2D eigenvalue weighted by atomic mass is 15.2. The van der Waals surface area contributed by atoms with Crippen molar-refractivity contribution in [1.82, 2.24) is 10.2 Å². The summed E-state index contributed by atoms with van der Waals surface area (Å²) >= 11 is 0. The highest BCUT2D eigenvalue weighted by Crippen LogP contribution is 2.37. The van der Waals surface area contributed by atoms with Gasteiger partial charge in [0.25, 0.3) is 0 Å². The van der Waals surface area contributed by atoms with E-state index in [4.69, 9.17) is 0 Å². The third-order valence-electron chi connectivity index (χ3n) is 5.52. The molecule has 110 valence electrons. The van der Waals surface area contributed by atoms with Crippen LogP contribution in [0.2, 0.25) is 0 Å². The lowest BCUT2D eigenvalue weighted by atomic mass is 9.85. The average molecular weight is 272 g/mol. The van der Waals surface area contributed by atoms with E-state index in [1.54, 1.807) is 0 Å². The summed E-state index contributed by atoms with van der Waals surface area (Å²) in [6, 6.07) is 10.8. The van der Waals surface area contributed by atoms with Crippen LogP contribution in [0.5, 0.6) is 0 Å². The molecule has 0 radical (unpaired) electrons. The zero-order valence-electron chi connectivity index (χ0n) is 13.1. The summed E-state index contributed by atoms with van der Waals surface area (Å²) < 4.78 is 0. The number of hydrogen-bond acceptors (Lipinski definition) is 2. The second-order valence-electron chi connectivity index (χ2n) is 6.83. The number of rotatable bonds is 3. The second-order valence-corrected chi connectivity index (χ2v) is 6.83. The van der Waals surface area contributed by atoms with Crippen molar-refractivity contribution in [1.29, 1.82) is 0 Å². The lowest BCUT2D eigenvalue weighted by Gasteiger charge is -2.40. The summed E-state index contributed by atoms with van der Waals surface area (Å²) in [5.74, 6) is 0.896. The fraction of sp³-hybridized carbons (Fsp3) is 0.667. The van der Waals surface area contributed by atoms with E-state index in [0.29, 0.717) is 12.1 Å². The molecule has 20 heavy (non-hydrogen) atoms. The van der Waals surface area contributed by atoms with Crippen molar-refractivity contribution in [2.75, 3.05) is 14.1 Å². The smallest absolute Gasteiger partial charge is 0.0481 e. The van der Waals surface area contributed by atoms with Crippen molar-refractivity contribution >= 4 is 0 Å². The van der Waals surface area contributed by atoms with Gasteiger partial charge in [-0.25, -0.2) is 0 Å². The quantitative estimate of drug-likeness (QED) is 0.907. The summed E-state index contributed by atoms with van der Waals surface area (Å²) in [5.41, 5.74) is 3.04. The van der Waals surface area contributed by atoms with Crippen LogP contribution in [0.3, 0.4) is 0 Å². The van der Waals surface area contributed by atoms with Crippen LogP contribution in [-0.4, -0.2) is 31.1 Å². The molecule has 2 aliphatic carbocycles. The maximum Gasteiger partial charge on any atom is 0.0481 e. The van der Waals surface area contributed by atoms with Gasteiger partial charge in [0.15, 0.2) is 0 Å². The number of likely N-dealkylation sites (N-methyl/N-ethyl adjacent to an activating group) is 2. The fourth-order valence-electron chi connectivity index (χ4n) is 4.34. The summed E-state index contributed by atoms with van der Waals surface area (Å²) in [6.07, 6.45) is 6.78. The van der Waals surface area contributed by atoms with Crippen molar-refractivity contribution in [3.05, 3.63) is 35.4 Å². The minimum Gasteiger partial charge on any atom is -0.312 e. The van der Waals surface area contributed by atoms with E-state index in [9.17, 15) is 0 Å². The highest BCUT2D eigenvalue weighted by molar-refractivity contribution is 5.37. The van der Waals surface area contributed by atoms with E-state index in [0.717, 1.165) is 12.0 Å². The zero-order valence-corrected chi connectivity index (χ0v) is 13.1. The molecule has 4 atom stereocenters. The molecule has 0 heterocycles. The topological polar surface area (TPSA) is 15.3 Å². The summed E-state index contributed by atoms with van der Waals surface area (Å²) in [5, 5.41) is 3.56.